The van der Waals surface area contributed by atoms with Gasteiger partial charge in [-0.3, -0.25) is 4.57 Å². The molecule has 4 aromatic rings. The third-order valence-electron chi connectivity index (χ3n) is 8.86. The quantitative estimate of drug-likeness (QED) is 0.113. The van der Waals surface area contributed by atoms with Gasteiger partial charge in [-0.15, -0.1) is 0 Å². The first-order chi connectivity index (χ1) is 20.1. The Labute approximate surface area is 244 Å². The average Bonchev–Trinajstić information content (AvgIpc) is 3.68. The lowest BCUT2D eigenvalue weighted by Gasteiger charge is -2.48. The highest BCUT2D eigenvalue weighted by molar-refractivity contribution is 5.81. The molecular weight excluding hydrogens is 538 g/mol. The van der Waals surface area contributed by atoms with Crippen molar-refractivity contribution in [2.24, 2.45) is 5.92 Å². The number of benzene rings is 1. The van der Waals surface area contributed by atoms with Crippen molar-refractivity contribution < 1.29 is 20.1 Å². The number of nitrogens with zero attached hydrogens (tertiary/aromatic N) is 6. The zero-order valence-electron chi connectivity index (χ0n) is 24.4. The highest BCUT2D eigenvalue weighted by Gasteiger charge is 2.42. The SMILES string of the molecule is CC(CO)(CO)c1ccc2nc(CCC3CC(N(NC4CCC(n5cnc6c(N)ncnc65)O4)C(C)(C)O)C3)[nH]c2c1. The molecule has 0 radical (unpaired) electrons. The molecule has 13 nitrogen and oxygen atoms in total. The van der Waals surface area contributed by atoms with Gasteiger partial charge in [0.05, 0.1) is 30.6 Å². The Morgan fingerprint density at radius 2 is 1.93 bits per heavy atom. The third-order valence-corrected chi connectivity index (χ3v) is 8.86. The summed E-state index contributed by atoms with van der Waals surface area (Å²) in [7, 11) is 0. The molecule has 1 aliphatic heterocycles. The van der Waals surface area contributed by atoms with Gasteiger partial charge in [-0.1, -0.05) is 13.0 Å². The normalized spacial score (nSPS) is 23.3. The molecular formula is C29H41N9O4. The van der Waals surface area contributed by atoms with E-state index in [0.717, 1.165) is 60.9 Å². The molecule has 7 N–H and O–H groups in total. The number of nitrogens with one attached hydrogen (secondary N) is 2. The molecule has 1 aliphatic carbocycles. The van der Waals surface area contributed by atoms with Crippen molar-refractivity contribution in [2.45, 2.75) is 88.9 Å². The van der Waals surface area contributed by atoms with Crippen LogP contribution in [0.1, 0.15) is 70.5 Å². The highest BCUT2D eigenvalue weighted by atomic mass is 16.5. The van der Waals surface area contributed by atoms with E-state index in [1.165, 1.54) is 6.33 Å². The van der Waals surface area contributed by atoms with E-state index in [9.17, 15) is 15.3 Å². The van der Waals surface area contributed by atoms with E-state index in [1.54, 1.807) is 20.2 Å². The van der Waals surface area contributed by atoms with Crippen LogP contribution in [0.4, 0.5) is 5.82 Å². The number of anilines is 1. The number of hydrazine groups is 1. The number of hydrogen-bond acceptors (Lipinski definition) is 11. The summed E-state index contributed by atoms with van der Waals surface area (Å²) in [5, 5.41) is 32.5. The minimum Gasteiger partial charge on any atom is -0.395 e. The van der Waals surface area contributed by atoms with Crippen LogP contribution in [0.25, 0.3) is 22.2 Å². The molecule has 2 unspecified atom stereocenters. The first-order valence-electron chi connectivity index (χ1n) is 14.6. The van der Waals surface area contributed by atoms with Crippen LogP contribution in [-0.4, -0.2) is 81.0 Å². The molecule has 2 fully saturated rings. The molecule has 1 saturated heterocycles. The van der Waals surface area contributed by atoms with E-state index < -0.39 is 11.1 Å². The van der Waals surface area contributed by atoms with Crippen LogP contribution in [-0.2, 0) is 16.6 Å². The second-order valence-electron chi connectivity index (χ2n) is 12.6. The number of fused-ring (bicyclic) bond motifs is 2. The maximum atomic E-state index is 11.0. The Morgan fingerprint density at radius 1 is 1.14 bits per heavy atom. The number of hydrogen-bond donors (Lipinski definition) is 6. The van der Waals surface area contributed by atoms with E-state index in [2.05, 4.69) is 25.4 Å². The monoisotopic (exact) mass is 579 g/mol. The second-order valence-corrected chi connectivity index (χ2v) is 12.6. The molecule has 1 saturated carbocycles. The largest absolute Gasteiger partial charge is 0.395 e. The maximum Gasteiger partial charge on any atom is 0.167 e. The lowest BCUT2D eigenvalue weighted by Crippen LogP contribution is -2.63. The first kappa shape index (κ1) is 28.9. The zero-order valence-corrected chi connectivity index (χ0v) is 24.4. The van der Waals surface area contributed by atoms with Gasteiger partial charge in [-0.25, -0.2) is 30.4 Å². The van der Waals surface area contributed by atoms with Crippen LogP contribution in [0.2, 0.25) is 0 Å². The third kappa shape index (κ3) is 5.48. The summed E-state index contributed by atoms with van der Waals surface area (Å²) in [5.41, 5.74) is 11.5. The molecule has 0 bridgehead atoms. The van der Waals surface area contributed by atoms with Gasteiger partial charge in [0.1, 0.15) is 35.8 Å². The van der Waals surface area contributed by atoms with Crippen molar-refractivity contribution in [1.82, 2.24) is 39.9 Å². The Kier molecular flexibility index (Phi) is 7.66. The van der Waals surface area contributed by atoms with Crippen LogP contribution in [0.5, 0.6) is 0 Å². The summed E-state index contributed by atoms with van der Waals surface area (Å²) >= 11 is 0. The Hall–Kier alpha value is -3.20. The van der Waals surface area contributed by atoms with Gasteiger partial charge in [-0.05, 0) is 69.6 Å². The Morgan fingerprint density at radius 3 is 2.67 bits per heavy atom. The fourth-order valence-corrected chi connectivity index (χ4v) is 6.14. The first-order valence-corrected chi connectivity index (χ1v) is 14.6. The lowest BCUT2D eigenvalue weighted by molar-refractivity contribution is -0.185. The van der Waals surface area contributed by atoms with Crippen molar-refractivity contribution in [3.05, 3.63) is 42.2 Å². The number of ether oxygens (including phenoxy) is 1. The van der Waals surface area contributed by atoms with Crippen LogP contribution < -0.4 is 11.2 Å². The van der Waals surface area contributed by atoms with Gasteiger partial charge in [0, 0.05) is 17.9 Å². The number of aromatic nitrogens is 6. The van der Waals surface area contributed by atoms with E-state index in [1.807, 2.05) is 34.7 Å². The molecule has 2 aliphatic rings. The number of rotatable bonds is 11. The van der Waals surface area contributed by atoms with Crippen molar-refractivity contribution in [2.75, 3.05) is 18.9 Å². The molecule has 1 aromatic carbocycles. The topological polar surface area (TPSA) is 183 Å². The molecule has 42 heavy (non-hydrogen) atoms. The summed E-state index contributed by atoms with van der Waals surface area (Å²) in [5.74, 6) is 1.80. The van der Waals surface area contributed by atoms with Crippen LogP contribution in [0, 0.1) is 5.92 Å². The van der Waals surface area contributed by atoms with Gasteiger partial charge in [0.2, 0.25) is 0 Å². The van der Waals surface area contributed by atoms with Crippen molar-refractivity contribution in [3.8, 4) is 0 Å². The Bertz CT molecular complexity index is 1540. The molecule has 4 heterocycles. The minimum atomic E-state index is -1.06. The van der Waals surface area contributed by atoms with Crippen LogP contribution in [0.15, 0.2) is 30.9 Å². The molecule has 2 atom stereocenters. The highest BCUT2D eigenvalue weighted by Crippen LogP contribution is 2.38. The van der Waals surface area contributed by atoms with Gasteiger partial charge >= 0.3 is 0 Å². The fourth-order valence-electron chi connectivity index (χ4n) is 6.14. The van der Waals surface area contributed by atoms with Gasteiger partial charge in [0.25, 0.3) is 0 Å². The number of aromatic amines is 1. The molecule has 6 rings (SSSR count). The van der Waals surface area contributed by atoms with Gasteiger partial charge in [-0.2, -0.15) is 0 Å². The van der Waals surface area contributed by atoms with E-state index in [-0.39, 0.29) is 31.7 Å². The predicted molar refractivity (Wildman–Crippen MR) is 157 cm³/mol. The van der Waals surface area contributed by atoms with E-state index in [0.29, 0.717) is 22.9 Å². The van der Waals surface area contributed by atoms with E-state index in [4.69, 9.17) is 15.5 Å². The molecule has 0 amide bonds. The van der Waals surface area contributed by atoms with Crippen LogP contribution >= 0.6 is 0 Å². The van der Waals surface area contributed by atoms with E-state index >= 15 is 0 Å². The second kappa shape index (κ2) is 11.1. The predicted octanol–water partition coefficient (Wildman–Crippen LogP) is 2.11. The van der Waals surface area contributed by atoms with Crippen molar-refractivity contribution in [1.29, 1.82) is 0 Å². The number of aliphatic hydroxyl groups is 3. The standard InChI is InChI=1S/C29H41N9O4/c1-28(2,41)38(36-23-8-9-24(42-23)37-16-33-25-26(30)31-15-32-27(25)37)19-10-17(11-19)4-7-22-34-20-6-5-18(12-21(20)35-22)29(3,13-39)14-40/h5-6,12,15-17,19,23-24,36,39-41H,4,7-11,13-14H2,1-3H3,(H,34,35)(H2,30,31,32). The summed E-state index contributed by atoms with van der Waals surface area (Å²) in [6.07, 6.45) is 7.93. The molecule has 13 heteroatoms. The summed E-state index contributed by atoms with van der Waals surface area (Å²) in [6, 6.07) is 6.02. The van der Waals surface area contributed by atoms with Crippen molar-refractivity contribution >= 4 is 28.0 Å². The van der Waals surface area contributed by atoms with Crippen LogP contribution in [0.3, 0.4) is 0 Å². The number of aliphatic hydroxyl groups excluding tert-OH is 2. The fraction of sp³-hybridized carbons (Fsp3) is 0.586. The summed E-state index contributed by atoms with van der Waals surface area (Å²) < 4.78 is 8.21. The molecule has 226 valence electrons. The number of nitrogen functional groups attached to an aromatic ring is 1. The lowest BCUT2D eigenvalue weighted by atomic mass is 9.76. The zero-order chi connectivity index (χ0) is 29.6. The molecule has 0 spiro atoms. The smallest absolute Gasteiger partial charge is 0.167 e. The maximum absolute atomic E-state index is 11.0. The number of nitrogens with two attached hydrogens (primary N) is 1. The van der Waals surface area contributed by atoms with Gasteiger partial charge < -0.3 is 30.8 Å². The molecule has 3 aromatic heterocycles. The van der Waals surface area contributed by atoms with Crippen molar-refractivity contribution in [3.63, 3.8) is 0 Å². The summed E-state index contributed by atoms with van der Waals surface area (Å²) in [4.78, 5) is 20.9. The Balaban J connectivity index is 1.04. The van der Waals surface area contributed by atoms with Gasteiger partial charge in [0.15, 0.2) is 11.5 Å². The average molecular weight is 580 g/mol. The number of aryl methyl sites for hydroxylation is 1. The summed E-state index contributed by atoms with van der Waals surface area (Å²) in [6.45, 7) is 5.17. The number of imidazole rings is 2. The number of H-pyrrole nitrogens is 1. The minimum absolute atomic E-state index is 0.129.